The first-order valence-corrected chi connectivity index (χ1v) is 10.6. The van der Waals surface area contributed by atoms with Gasteiger partial charge in [-0.3, -0.25) is 9.59 Å². The van der Waals surface area contributed by atoms with Crippen LogP contribution < -0.4 is 4.74 Å². The lowest BCUT2D eigenvalue weighted by atomic mass is 9.95. The fourth-order valence-electron chi connectivity index (χ4n) is 3.83. The Balaban J connectivity index is 1.74. The molecule has 164 valence electrons. The van der Waals surface area contributed by atoms with Crippen molar-refractivity contribution >= 4 is 11.7 Å². The van der Waals surface area contributed by atoms with E-state index in [9.17, 15) is 14.7 Å². The molecular weight excluding hydrogens is 406 g/mol. The Morgan fingerprint density at radius 3 is 2.41 bits per heavy atom. The molecule has 0 aliphatic carbocycles. The third-order valence-electron chi connectivity index (χ3n) is 5.38. The van der Waals surface area contributed by atoms with Crippen LogP contribution in [0.25, 0.3) is 0 Å². The number of hydrogen-bond donors (Lipinski definition) is 1. The van der Waals surface area contributed by atoms with E-state index in [1.165, 1.54) is 4.90 Å². The second-order valence-electron chi connectivity index (χ2n) is 7.74. The lowest BCUT2D eigenvalue weighted by molar-refractivity contribution is -0.130. The molecule has 2 heterocycles. The van der Waals surface area contributed by atoms with Crippen molar-refractivity contribution in [1.29, 1.82) is 0 Å². The van der Waals surface area contributed by atoms with Gasteiger partial charge in [0.05, 0.1) is 18.2 Å². The summed E-state index contributed by atoms with van der Waals surface area (Å²) in [6.45, 7) is 4.61. The van der Waals surface area contributed by atoms with Gasteiger partial charge in [-0.1, -0.05) is 49.4 Å². The van der Waals surface area contributed by atoms with Gasteiger partial charge in [0, 0.05) is 6.54 Å². The quantitative estimate of drug-likeness (QED) is 0.499. The van der Waals surface area contributed by atoms with E-state index in [0.29, 0.717) is 23.7 Å². The number of Topliss-reactive ketones (excluding diaryl/α,β-unsaturated/α-hetero) is 1. The molecule has 1 aromatic heterocycles. The fourth-order valence-corrected chi connectivity index (χ4v) is 3.83. The van der Waals surface area contributed by atoms with Crippen LogP contribution in [0.5, 0.6) is 5.75 Å². The van der Waals surface area contributed by atoms with Crippen LogP contribution in [0.4, 0.5) is 0 Å². The number of benzene rings is 2. The minimum absolute atomic E-state index is 0.0162. The summed E-state index contributed by atoms with van der Waals surface area (Å²) in [7, 11) is 0. The highest BCUT2D eigenvalue weighted by Gasteiger charge is 2.44. The second-order valence-corrected chi connectivity index (χ2v) is 7.74. The van der Waals surface area contributed by atoms with E-state index < -0.39 is 23.5 Å². The molecule has 1 N–H and O–H groups in total. The van der Waals surface area contributed by atoms with Gasteiger partial charge in [-0.2, -0.15) is 0 Å². The van der Waals surface area contributed by atoms with Gasteiger partial charge >= 0.3 is 0 Å². The molecule has 3 aromatic rings. The summed E-state index contributed by atoms with van der Waals surface area (Å²) in [5.41, 5.74) is 1.61. The van der Waals surface area contributed by atoms with Gasteiger partial charge in [-0.05, 0) is 48.7 Å². The van der Waals surface area contributed by atoms with Gasteiger partial charge in [0.1, 0.15) is 11.5 Å². The number of furan rings is 1. The van der Waals surface area contributed by atoms with Gasteiger partial charge < -0.3 is 19.2 Å². The lowest BCUT2D eigenvalue weighted by Gasteiger charge is -2.27. The molecule has 0 radical (unpaired) electrons. The van der Waals surface area contributed by atoms with Gasteiger partial charge in [-0.25, -0.2) is 0 Å². The van der Waals surface area contributed by atoms with E-state index in [2.05, 4.69) is 0 Å². The van der Waals surface area contributed by atoms with Crippen LogP contribution in [-0.2, 0) is 11.3 Å². The van der Waals surface area contributed by atoms with Crippen molar-refractivity contribution in [1.82, 2.24) is 4.90 Å². The minimum Gasteiger partial charge on any atom is -0.503 e. The normalized spacial score (nSPS) is 16.0. The summed E-state index contributed by atoms with van der Waals surface area (Å²) < 4.78 is 11.2. The highest BCUT2D eigenvalue weighted by atomic mass is 16.5. The maximum atomic E-state index is 13.3. The molecule has 1 unspecified atom stereocenters. The predicted octanol–water partition coefficient (Wildman–Crippen LogP) is 5.16. The Kier molecular flexibility index (Phi) is 6.12. The summed E-state index contributed by atoms with van der Waals surface area (Å²) in [6.07, 6.45) is 0.890. The van der Waals surface area contributed by atoms with E-state index in [4.69, 9.17) is 9.15 Å². The van der Waals surface area contributed by atoms with Crippen LogP contribution in [0.3, 0.4) is 0 Å². The van der Waals surface area contributed by atoms with Crippen LogP contribution in [0, 0.1) is 6.92 Å². The van der Waals surface area contributed by atoms with Crippen LogP contribution in [0.2, 0.25) is 0 Å². The number of carbonyl (C=O) groups excluding carboxylic acids is 2. The van der Waals surface area contributed by atoms with E-state index >= 15 is 0 Å². The van der Waals surface area contributed by atoms with E-state index in [1.807, 2.05) is 61.5 Å². The number of rotatable bonds is 8. The molecule has 32 heavy (non-hydrogen) atoms. The number of ketones is 1. The average molecular weight is 431 g/mol. The molecule has 1 amide bonds. The zero-order chi connectivity index (χ0) is 22.7. The van der Waals surface area contributed by atoms with Crippen LogP contribution in [-0.4, -0.2) is 28.3 Å². The van der Waals surface area contributed by atoms with Gasteiger partial charge in [0.15, 0.2) is 11.5 Å². The Morgan fingerprint density at radius 2 is 1.78 bits per heavy atom. The number of hydrogen-bond acceptors (Lipinski definition) is 5. The first kappa shape index (κ1) is 21.4. The summed E-state index contributed by atoms with van der Waals surface area (Å²) >= 11 is 0. The maximum absolute atomic E-state index is 13.3. The third-order valence-corrected chi connectivity index (χ3v) is 5.38. The number of nitrogens with zero attached hydrogens (tertiary/aromatic N) is 1. The average Bonchev–Trinajstić information content (AvgIpc) is 3.35. The first-order valence-electron chi connectivity index (χ1n) is 10.6. The number of amides is 1. The molecule has 0 spiro atoms. The number of carbonyl (C=O) groups is 2. The van der Waals surface area contributed by atoms with E-state index in [-0.39, 0.29) is 17.9 Å². The molecule has 0 saturated heterocycles. The smallest absolute Gasteiger partial charge is 0.290 e. The van der Waals surface area contributed by atoms with Crippen molar-refractivity contribution in [3.8, 4) is 5.75 Å². The highest BCUT2D eigenvalue weighted by Crippen LogP contribution is 2.40. The highest BCUT2D eigenvalue weighted by molar-refractivity contribution is 6.15. The van der Waals surface area contributed by atoms with Gasteiger partial charge in [-0.15, -0.1) is 0 Å². The van der Waals surface area contributed by atoms with Crippen LogP contribution >= 0.6 is 0 Å². The Labute approximate surface area is 186 Å². The Bertz CT molecular complexity index is 1140. The summed E-state index contributed by atoms with van der Waals surface area (Å²) in [6, 6.07) is 19.2. The first-order chi connectivity index (χ1) is 15.5. The molecule has 4 rings (SSSR count). The Hall–Kier alpha value is -3.80. The third kappa shape index (κ3) is 4.17. The monoisotopic (exact) mass is 431 g/mol. The molecular formula is C26H25NO5. The molecule has 1 aliphatic heterocycles. The van der Waals surface area contributed by atoms with Gasteiger partial charge in [0.2, 0.25) is 5.78 Å². The van der Waals surface area contributed by atoms with E-state index in [1.54, 1.807) is 19.1 Å². The van der Waals surface area contributed by atoms with Crippen molar-refractivity contribution in [2.45, 2.75) is 32.9 Å². The molecule has 2 aromatic carbocycles. The van der Waals surface area contributed by atoms with Crippen molar-refractivity contribution in [2.75, 3.05) is 6.61 Å². The maximum Gasteiger partial charge on any atom is 0.290 e. The molecule has 6 heteroatoms. The standard InChI is InChI=1S/C26H25NO5/c1-3-15-31-20-12-10-19(11-13-20)23-22(24(28)21-14-9-17(2)32-21)25(29)26(30)27(23)16-18-7-5-4-6-8-18/h4-14,23,29H,3,15-16H2,1-2H3. The predicted molar refractivity (Wildman–Crippen MR) is 119 cm³/mol. The number of aliphatic hydroxyl groups is 1. The van der Waals surface area contributed by atoms with E-state index in [0.717, 1.165) is 12.0 Å². The SMILES string of the molecule is CCCOc1ccc(C2C(C(=O)c3ccc(C)o3)=C(O)C(=O)N2Cc2ccccc2)cc1. The summed E-state index contributed by atoms with van der Waals surface area (Å²) in [5.74, 6) is -0.264. The summed E-state index contributed by atoms with van der Waals surface area (Å²) in [5, 5.41) is 10.7. The van der Waals surface area contributed by atoms with Crippen molar-refractivity contribution < 1.29 is 23.8 Å². The molecule has 0 bridgehead atoms. The zero-order valence-electron chi connectivity index (χ0n) is 18.1. The van der Waals surface area contributed by atoms with Gasteiger partial charge in [0.25, 0.3) is 5.91 Å². The topological polar surface area (TPSA) is 80.0 Å². The molecule has 1 aliphatic rings. The van der Waals surface area contributed by atoms with Crippen molar-refractivity contribution in [2.24, 2.45) is 0 Å². The Morgan fingerprint density at radius 1 is 1.06 bits per heavy atom. The van der Waals surface area contributed by atoms with Crippen LogP contribution in [0.1, 0.15) is 46.8 Å². The molecule has 0 fully saturated rings. The summed E-state index contributed by atoms with van der Waals surface area (Å²) in [4.78, 5) is 27.9. The zero-order valence-corrected chi connectivity index (χ0v) is 18.1. The van der Waals surface area contributed by atoms with Crippen LogP contribution in [0.15, 0.2) is 82.5 Å². The van der Waals surface area contributed by atoms with Crippen molar-refractivity contribution in [3.05, 3.63) is 101 Å². The number of aliphatic hydroxyl groups excluding tert-OH is 1. The van der Waals surface area contributed by atoms with Crippen molar-refractivity contribution in [3.63, 3.8) is 0 Å². The fraction of sp³-hybridized carbons (Fsp3) is 0.231. The second kappa shape index (κ2) is 9.14. The number of aryl methyl sites for hydroxylation is 1. The number of ether oxygens (including phenoxy) is 1. The molecule has 1 atom stereocenters. The molecule has 0 saturated carbocycles. The molecule has 6 nitrogen and oxygen atoms in total. The lowest BCUT2D eigenvalue weighted by Crippen LogP contribution is -2.30. The minimum atomic E-state index is -0.749. The largest absolute Gasteiger partial charge is 0.503 e.